The lowest BCUT2D eigenvalue weighted by atomic mass is 9.90. The third-order valence-electron chi connectivity index (χ3n) is 4.90. The van der Waals surface area contributed by atoms with Crippen molar-refractivity contribution in [2.45, 2.75) is 39.2 Å². The minimum Gasteiger partial charge on any atom is -0.369 e. The van der Waals surface area contributed by atoms with Crippen molar-refractivity contribution >= 4 is 11.6 Å². The molecular weight excluding hydrogens is 312 g/mol. The molecule has 1 heterocycles. The lowest BCUT2D eigenvalue weighted by molar-refractivity contribution is -0.123. The highest BCUT2D eigenvalue weighted by molar-refractivity contribution is 5.77. The molecule has 0 spiro atoms. The number of rotatable bonds is 8. The second-order valence-electron chi connectivity index (χ2n) is 7.83. The number of hydrogen-bond donors (Lipinski definition) is 2. The van der Waals surface area contributed by atoms with Gasteiger partial charge in [-0.2, -0.15) is 0 Å². The van der Waals surface area contributed by atoms with Crippen molar-refractivity contribution in [3.8, 4) is 0 Å². The van der Waals surface area contributed by atoms with E-state index in [4.69, 9.17) is 5.73 Å². The second-order valence-corrected chi connectivity index (χ2v) is 7.83. The molecule has 1 fully saturated rings. The summed E-state index contributed by atoms with van der Waals surface area (Å²) in [6.45, 7) is 11.7. The summed E-state index contributed by atoms with van der Waals surface area (Å²) < 4.78 is 0. The van der Waals surface area contributed by atoms with E-state index in [2.05, 4.69) is 53.2 Å². The molecule has 1 aliphatic rings. The van der Waals surface area contributed by atoms with Crippen LogP contribution in [0.25, 0.3) is 0 Å². The highest BCUT2D eigenvalue weighted by Crippen LogP contribution is 2.17. The van der Waals surface area contributed by atoms with Crippen LogP contribution in [-0.4, -0.2) is 55.6 Å². The number of nitrogens with one attached hydrogen (secondary N) is 1. The van der Waals surface area contributed by atoms with Gasteiger partial charge >= 0.3 is 0 Å². The molecule has 140 valence electrons. The summed E-state index contributed by atoms with van der Waals surface area (Å²) in [6.07, 6.45) is 1.45. The maximum atomic E-state index is 12.3. The van der Waals surface area contributed by atoms with Crippen LogP contribution in [0.4, 0.5) is 5.69 Å². The molecule has 5 heteroatoms. The normalized spacial score (nSPS) is 18.2. The van der Waals surface area contributed by atoms with Crippen LogP contribution in [0, 0.1) is 5.92 Å². The van der Waals surface area contributed by atoms with Gasteiger partial charge in [0.2, 0.25) is 5.91 Å². The van der Waals surface area contributed by atoms with Crippen LogP contribution in [0.3, 0.4) is 0 Å². The molecule has 0 radical (unpaired) electrons. The van der Waals surface area contributed by atoms with Crippen LogP contribution >= 0.6 is 0 Å². The molecule has 5 nitrogen and oxygen atoms in total. The number of carbonyl (C=O) groups is 1. The zero-order valence-corrected chi connectivity index (χ0v) is 16.0. The Labute approximate surface area is 152 Å². The van der Waals surface area contributed by atoms with Crippen molar-refractivity contribution in [3.05, 3.63) is 30.3 Å². The summed E-state index contributed by atoms with van der Waals surface area (Å²) in [7, 11) is 0. The van der Waals surface area contributed by atoms with E-state index >= 15 is 0 Å². The number of amides is 1. The van der Waals surface area contributed by atoms with Gasteiger partial charge in [-0.15, -0.1) is 0 Å². The monoisotopic (exact) mass is 346 g/mol. The van der Waals surface area contributed by atoms with Gasteiger partial charge in [0.1, 0.15) is 0 Å². The third-order valence-corrected chi connectivity index (χ3v) is 4.90. The number of anilines is 1. The average molecular weight is 347 g/mol. The fourth-order valence-electron chi connectivity index (χ4n) is 3.61. The predicted molar refractivity (Wildman–Crippen MR) is 105 cm³/mol. The van der Waals surface area contributed by atoms with Gasteiger partial charge in [0.15, 0.2) is 0 Å². The van der Waals surface area contributed by atoms with Crippen molar-refractivity contribution in [1.82, 2.24) is 10.2 Å². The lowest BCUT2D eigenvalue weighted by Crippen LogP contribution is -2.53. The molecule has 0 aromatic heterocycles. The summed E-state index contributed by atoms with van der Waals surface area (Å²) in [6, 6.07) is 10.5. The number of benzene rings is 1. The van der Waals surface area contributed by atoms with E-state index in [1.165, 1.54) is 5.69 Å². The first-order chi connectivity index (χ1) is 11.9. The van der Waals surface area contributed by atoms with Crippen molar-refractivity contribution in [1.29, 1.82) is 0 Å². The van der Waals surface area contributed by atoms with Gasteiger partial charge in [-0.25, -0.2) is 0 Å². The molecule has 1 aromatic rings. The first-order valence-corrected chi connectivity index (χ1v) is 9.45. The van der Waals surface area contributed by atoms with Gasteiger partial charge in [-0.1, -0.05) is 32.0 Å². The highest BCUT2D eigenvalue weighted by Gasteiger charge is 2.26. The number of para-hydroxylation sites is 1. The Morgan fingerprint density at radius 2 is 1.84 bits per heavy atom. The smallest absolute Gasteiger partial charge is 0.221 e. The Hall–Kier alpha value is -1.59. The number of nitrogens with two attached hydrogens (primary N) is 1. The van der Waals surface area contributed by atoms with E-state index in [1.807, 2.05) is 13.0 Å². The van der Waals surface area contributed by atoms with E-state index in [0.29, 0.717) is 18.9 Å². The average Bonchev–Trinajstić information content (AvgIpc) is 2.60. The molecular formula is C20H34N4O. The van der Waals surface area contributed by atoms with E-state index < -0.39 is 0 Å². The molecule has 0 aliphatic carbocycles. The van der Waals surface area contributed by atoms with Crippen LogP contribution < -0.4 is 16.0 Å². The summed E-state index contributed by atoms with van der Waals surface area (Å²) in [5, 5.41) is 3.15. The van der Waals surface area contributed by atoms with Gasteiger partial charge in [0, 0.05) is 56.9 Å². The maximum Gasteiger partial charge on any atom is 0.221 e. The molecule has 1 aliphatic heterocycles. The van der Waals surface area contributed by atoms with Gasteiger partial charge in [0.25, 0.3) is 0 Å². The molecule has 0 saturated carbocycles. The molecule has 1 atom stereocenters. The molecule has 0 bridgehead atoms. The van der Waals surface area contributed by atoms with Crippen LogP contribution in [0.15, 0.2) is 30.3 Å². The van der Waals surface area contributed by atoms with Gasteiger partial charge < -0.3 is 16.0 Å². The quantitative estimate of drug-likeness (QED) is 0.756. The number of nitrogens with zero attached hydrogens (tertiary/aromatic N) is 2. The topological polar surface area (TPSA) is 61.6 Å². The molecule has 1 aromatic carbocycles. The standard InChI is InChI=1S/C20H34N4O/c1-17(2)15-20(3,16-21)22-19(25)9-10-23-11-13-24(14-12-23)18-7-5-4-6-8-18/h4-8,17H,9-16,21H2,1-3H3,(H,22,25). The Balaban J connectivity index is 1.72. The van der Waals surface area contributed by atoms with Crippen molar-refractivity contribution < 1.29 is 4.79 Å². The van der Waals surface area contributed by atoms with E-state index in [-0.39, 0.29) is 11.4 Å². The van der Waals surface area contributed by atoms with Gasteiger partial charge in [-0.05, 0) is 31.4 Å². The molecule has 1 amide bonds. The van der Waals surface area contributed by atoms with Crippen LogP contribution in [0.5, 0.6) is 0 Å². The lowest BCUT2D eigenvalue weighted by Gasteiger charge is -2.36. The summed E-state index contributed by atoms with van der Waals surface area (Å²) in [4.78, 5) is 17.1. The Morgan fingerprint density at radius 3 is 2.40 bits per heavy atom. The van der Waals surface area contributed by atoms with Crippen LogP contribution in [-0.2, 0) is 4.79 Å². The predicted octanol–water partition coefficient (Wildman–Crippen LogP) is 2.08. The van der Waals surface area contributed by atoms with E-state index in [0.717, 1.165) is 39.1 Å². The largest absolute Gasteiger partial charge is 0.369 e. The van der Waals surface area contributed by atoms with E-state index in [1.54, 1.807) is 0 Å². The number of hydrogen-bond acceptors (Lipinski definition) is 4. The van der Waals surface area contributed by atoms with E-state index in [9.17, 15) is 4.79 Å². The fraction of sp³-hybridized carbons (Fsp3) is 0.650. The molecule has 3 N–H and O–H groups in total. The van der Waals surface area contributed by atoms with Gasteiger partial charge in [0.05, 0.1) is 0 Å². The third kappa shape index (κ3) is 6.33. The van der Waals surface area contributed by atoms with Crippen molar-refractivity contribution in [2.75, 3.05) is 44.2 Å². The second kappa shape index (κ2) is 9.20. The minimum absolute atomic E-state index is 0.110. The highest BCUT2D eigenvalue weighted by atomic mass is 16.1. The summed E-state index contributed by atoms with van der Waals surface area (Å²) >= 11 is 0. The number of carbonyl (C=O) groups excluding carboxylic acids is 1. The first kappa shape index (κ1) is 19.7. The van der Waals surface area contributed by atoms with Crippen molar-refractivity contribution in [2.24, 2.45) is 11.7 Å². The Bertz CT molecular complexity index is 526. The van der Waals surface area contributed by atoms with Gasteiger partial charge in [-0.3, -0.25) is 9.69 Å². The molecule has 1 unspecified atom stereocenters. The molecule has 2 rings (SSSR count). The Morgan fingerprint density at radius 1 is 1.20 bits per heavy atom. The minimum atomic E-state index is -0.294. The SMILES string of the molecule is CC(C)CC(C)(CN)NC(=O)CCN1CCN(c2ccccc2)CC1. The molecule has 25 heavy (non-hydrogen) atoms. The van der Waals surface area contributed by atoms with Crippen LogP contribution in [0.1, 0.15) is 33.6 Å². The molecule has 1 saturated heterocycles. The van der Waals surface area contributed by atoms with Crippen LogP contribution in [0.2, 0.25) is 0 Å². The zero-order chi connectivity index (χ0) is 18.3. The fourth-order valence-corrected chi connectivity index (χ4v) is 3.61. The zero-order valence-electron chi connectivity index (χ0n) is 16.0. The summed E-state index contributed by atoms with van der Waals surface area (Å²) in [5.74, 6) is 0.624. The number of piperazine rings is 1. The van der Waals surface area contributed by atoms with Crippen molar-refractivity contribution in [3.63, 3.8) is 0 Å². The Kier molecular flexibility index (Phi) is 7.26. The first-order valence-electron chi connectivity index (χ1n) is 9.45. The maximum absolute atomic E-state index is 12.3. The summed E-state index contributed by atoms with van der Waals surface area (Å²) in [5.41, 5.74) is 6.87.